The average molecular weight is 273 g/mol. The summed E-state index contributed by atoms with van der Waals surface area (Å²) < 4.78 is 14.8. The monoisotopic (exact) mass is 273 g/mol. The first-order valence-corrected chi connectivity index (χ1v) is 6.10. The van der Waals surface area contributed by atoms with Gasteiger partial charge in [-0.05, 0) is 25.1 Å². The summed E-state index contributed by atoms with van der Waals surface area (Å²) in [6.45, 7) is 1.82. The number of hydrogen-bond acceptors (Lipinski definition) is 4. The minimum Gasteiger partial charge on any atom is -0.362 e. The third-order valence-corrected chi connectivity index (χ3v) is 3.01. The molecule has 2 aromatic heterocycles. The van der Waals surface area contributed by atoms with E-state index in [9.17, 15) is 9.18 Å². The van der Waals surface area contributed by atoms with E-state index in [2.05, 4.69) is 20.6 Å². The zero-order valence-corrected chi connectivity index (χ0v) is 10.7. The smallest absolute Gasteiger partial charge is 0.362 e. The quantitative estimate of drug-likeness (QED) is 0.762. The molecule has 2 heterocycles. The molecule has 1 aromatic carbocycles. The SMILES string of the molecule is CC(Nc1ccc2n[nH]c(=O)n2n1)c1ccccc1F. The lowest BCUT2D eigenvalue weighted by molar-refractivity contribution is 0.599. The summed E-state index contributed by atoms with van der Waals surface area (Å²) in [6.07, 6.45) is 0. The second-order valence-electron chi connectivity index (χ2n) is 4.40. The van der Waals surface area contributed by atoms with Gasteiger partial charge in [-0.1, -0.05) is 18.2 Å². The van der Waals surface area contributed by atoms with Crippen molar-refractivity contribution in [3.05, 3.63) is 58.3 Å². The van der Waals surface area contributed by atoms with Crippen molar-refractivity contribution in [1.29, 1.82) is 0 Å². The average Bonchev–Trinajstić information content (AvgIpc) is 2.81. The number of nitrogens with one attached hydrogen (secondary N) is 2. The van der Waals surface area contributed by atoms with Gasteiger partial charge in [-0.25, -0.2) is 14.3 Å². The summed E-state index contributed by atoms with van der Waals surface area (Å²) in [5.41, 5.74) is 0.551. The number of fused-ring (bicyclic) bond motifs is 1. The molecule has 0 spiro atoms. The van der Waals surface area contributed by atoms with Crippen molar-refractivity contribution in [3.63, 3.8) is 0 Å². The molecule has 0 fully saturated rings. The lowest BCUT2D eigenvalue weighted by Crippen LogP contribution is -2.15. The Kier molecular flexibility index (Phi) is 2.94. The largest absolute Gasteiger partial charge is 0.364 e. The molecule has 7 heteroatoms. The first kappa shape index (κ1) is 12.3. The minimum atomic E-state index is -0.415. The molecular formula is C13H12FN5O. The van der Waals surface area contributed by atoms with Gasteiger partial charge in [0.05, 0.1) is 6.04 Å². The van der Waals surface area contributed by atoms with E-state index in [1.807, 2.05) is 6.92 Å². The molecule has 0 saturated carbocycles. The fourth-order valence-electron chi connectivity index (χ4n) is 2.01. The van der Waals surface area contributed by atoms with Gasteiger partial charge in [-0.3, -0.25) is 0 Å². The highest BCUT2D eigenvalue weighted by molar-refractivity contribution is 5.44. The maximum absolute atomic E-state index is 13.7. The zero-order valence-electron chi connectivity index (χ0n) is 10.7. The summed E-state index contributed by atoms with van der Waals surface area (Å²) in [5.74, 6) is 0.186. The predicted octanol–water partition coefficient (Wildman–Crippen LogP) is 1.73. The summed E-state index contributed by atoms with van der Waals surface area (Å²) in [7, 11) is 0. The molecule has 6 nitrogen and oxygen atoms in total. The van der Waals surface area contributed by atoms with E-state index >= 15 is 0 Å². The van der Waals surface area contributed by atoms with Crippen LogP contribution in [0.25, 0.3) is 5.65 Å². The topological polar surface area (TPSA) is 75.1 Å². The van der Waals surface area contributed by atoms with Gasteiger partial charge < -0.3 is 5.32 Å². The highest BCUT2D eigenvalue weighted by Gasteiger charge is 2.11. The maximum Gasteiger partial charge on any atom is 0.364 e. The first-order chi connectivity index (χ1) is 9.65. The Bertz CT molecular complexity index is 810. The van der Waals surface area contributed by atoms with Gasteiger partial charge in [0.1, 0.15) is 11.6 Å². The van der Waals surface area contributed by atoms with Gasteiger partial charge in [0.15, 0.2) is 5.65 Å². The normalized spacial score (nSPS) is 12.5. The Morgan fingerprint density at radius 3 is 2.90 bits per heavy atom. The summed E-state index contributed by atoms with van der Waals surface area (Å²) >= 11 is 0. The number of benzene rings is 1. The van der Waals surface area contributed by atoms with Crippen LogP contribution >= 0.6 is 0 Å². The first-order valence-electron chi connectivity index (χ1n) is 6.10. The molecule has 0 bridgehead atoms. The van der Waals surface area contributed by atoms with E-state index < -0.39 is 5.69 Å². The van der Waals surface area contributed by atoms with Crippen molar-refractivity contribution in [2.75, 3.05) is 5.32 Å². The summed E-state index contributed by atoms with van der Waals surface area (Å²) in [6, 6.07) is 9.59. The number of aromatic amines is 1. The van der Waals surface area contributed by atoms with E-state index in [0.717, 1.165) is 4.52 Å². The standard InChI is InChI=1S/C13H12FN5O/c1-8(9-4-2-3-5-10(9)14)15-11-6-7-12-16-17-13(20)19(12)18-11/h2-8H,1H3,(H,15,18)(H,17,20). The molecule has 0 aliphatic rings. The number of rotatable bonds is 3. The second kappa shape index (κ2) is 4.76. The van der Waals surface area contributed by atoms with E-state index in [1.54, 1.807) is 30.3 Å². The molecule has 20 heavy (non-hydrogen) atoms. The van der Waals surface area contributed by atoms with Crippen LogP contribution in [0.4, 0.5) is 10.2 Å². The van der Waals surface area contributed by atoms with Crippen LogP contribution in [-0.2, 0) is 0 Å². The fourth-order valence-corrected chi connectivity index (χ4v) is 2.01. The van der Waals surface area contributed by atoms with Crippen molar-refractivity contribution >= 4 is 11.5 Å². The van der Waals surface area contributed by atoms with Crippen LogP contribution in [0, 0.1) is 5.82 Å². The molecule has 0 aliphatic heterocycles. The molecule has 1 atom stereocenters. The minimum absolute atomic E-state index is 0.274. The maximum atomic E-state index is 13.7. The number of aromatic nitrogens is 4. The third kappa shape index (κ3) is 2.13. The van der Waals surface area contributed by atoms with E-state index in [0.29, 0.717) is 17.0 Å². The number of halogens is 1. The number of H-pyrrole nitrogens is 1. The lowest BCUT2D eigenvalue weighted by Gasteiger charge is -2.15. The molecule has 1 unspecified atom stereocenters. The molecular weight excluding hydrogens is 261 g/mol. The van der Waals surface area contributed by atoms with Crippen molar-refractivity contribution in [1.82, 2.24) is 19.8 Å². The summed E-state index contributed by atoms with van der Waals surface area (Å²) in [5, 5.41) is 13.3. The zero-order chi connectivity index (χ0) is 14.1. The van der Waals surface area contributed by atoms with Gasteiger partial charge >= 0.3 is 5.69 Å². The van der Waals surface area contributed by atoms with Gasteiger partial charge in [-0.15, -0.1) is 5.10 Å². The molecule has 102 valence electrons. The number of hydrogen-bond donors (Lipinski definition) is 2. The van der Waals surface area contributed by atoms with Crippen LogP contribution in [0.3, 0.4) is 0 Å². The number of anilines is 1. The van der Waals surface area contributed by atoms with Crippen molar-refractivity contribution in [2.24, 2.45) is 0 Å². The molecule has 3 aromatic rings. The van der Waals surface area contributed by atoms with Crippen LogP contribution in [0.2, 0.25) is 0 Å². The Labute approximate surface area is 113 Å². The van der Waals surface area contributed by atoms with Crippen LogP contribution in [0.5, 0.6) is 0 Å². The Hall–Kier alpha value is -2.70. The highest BCUT2D eigenvalue weighted by Crippen LogP contribution is 2.20. The lowest BCUT2D eigenvalue weighted by atomic mass is 10.1. The molecule has 3 rings (SSSR count). The van der Waals surface area contributed by atoms with E-state index in [-0.39, 0.29) is 11.9 Å². The van der Waals surface area contributed by atoms with Crippen molar-refractivity contribution < 1.29 is 4.39 Å². The van der Waals surface area contributed by atoms with E-state index in [1.165, 1.54) is 6.07 Å². The van der Waals surface area contributed by atoms with Crippen LogP contribution in [0.15, 0.2) is 41.2 Å². The van der Waals surface area contributed by atoms with Crippen LogP contribution < -0.4 is 11.0 Å². The molecule has 0 amide bonds. The highest BCUT2D eigenvalue weighted by atomic mass is 19.1. The summed E-state index contributed by atoms with van der Waals surface area (Å²) in [4.78, 5) is 11.4. The number of nitrogens with zero attached hydrogens (tertiary/aromatic N) is 3. The van der Waals surface area contributed by atoms with Crippen LogP contribution in [0.1, 0.15) is 18.5 Å². The Morgan fingerprint density at radius 1 is 1.30 bits per heavy atom. The molecule has 2 N–H and O–H groups in total. The second-order valence-corrected chi connectivity index (χ2v) is 4.40. The van der Waals surface area contributed by atoms with Gasteiger partial charge in [0.25, 0.3) is 0 Å². The van der Waals surface area contributed by atoms with Crippen molar-refractivity contribution in [3.8, 4) is 0 Å². The molecule has 0 saturated heterocycles. The molecule has 0 aliphatic carbocycles. The van der Waals surface area contributed by atoms with Gasteiger partial charge in [-0.2, -0.15) is 9.61 Å². The fraction of sp³-hybridized carbons (Fsp3) is 0.154. The van der Waals surface area contributed by atoms with Crippen LogP contribution in [-0.4, -0.2) is 19.8 Å². The van der Waals surface area contributed by atoms with E-state index in [4.69, 9.17) is 0 Å². The van der Waals surface area contributed by atoms with Crippen molar-refractivity contribution in [2.45, 2.75) is 13.0 Å². The Balaban J connectivity index is 1.91. The third-order valence-electron chi connectivity index (χ3n) is 3.01. The molecule has 0 radical (unpaired) electrons. The van der Waals surface area contributed by atoms with Gasteiger partial charge in [0, 0.05) is 5.56 Å². The Morgan fingerprint density at radius 2 is 2.10 bits per heavy atom. The van der Waals surface area contributed by atoms with Gasteiger partial charge in [0.2, 0.25) is 0 Å². The predicted molar refractivity (Wildman–Crippen MR) is 72.0 cm³/mol.